The molecule has 160 valence electrons. The number of nitrogens with one attached hydrogen (secondary N) is 1. The Morgan fingerprint density at radius 2 is 2.13 bits per heavy atom. The van der Waals surface area contributed by atoms with Crippen molar-refractivity contribution in [3.8, 4) is 5.75 Å². The molecule has 11 heteroatoms. The lowest BCUT2D eigenvalue weighted by molar-refractivity contribution is -0.274. The summed E-state index contributed by atoms with van der Waals surface area (Å²) in [5.74, 6) is -1.34. The molecule has 0 spiro atoms. The number of ether oxygens (including phenoxy) is 1. The van der Waals surface area contributed by atoms with Gasteiger partial charge in [-0.15, -0.1) is 13.2 Å². The molecule has 2 heterocycles. The number of benzene rings is 1. The highest BCUT2D eigenvalue weighted by molar-refractivity contribution is 6.31. The van der Waals surface area contributed by atoms with E-state index >= 15 is 0 Å². The van der Waals surface area contributed by atoms with Crippen molar-refractivity contribution in [2.24, 2.45) is 7.05 Å². The molecule has 7 nitrogen and oxygen atoms in total. The molecule has 3 rings (SSSR count). The van der Waals surface area contributed by atoms with E-state index in [1.165, 1.54) is 33.9 Å². The average molecular weight is 443 g/mol. The number of rotatable bonds is 5. The third kappa shape index (κ3) is 4.93. The van der Waals surface area contributed by atoms with Crippen LogP contribution in [0.15, 0.2) is 30.3 Å². The molecule has 0 radical (unpaired) electrons. The number of hydrogen-bond acceptors (Lipinski definition) is 4. The smallest absolute Gasteiger partial charge is 0.406 e. The first kappa shape index (κ1) is 21.7. The molecular weight excluding hydrogens is 425 g/mol. The van der Waals surface area contributed by atoms with Crippen molar-refractivity contribution in [3.05, 3.63) is 46.8 Å². The van der Waals surface area contributed by atoms with E-state index in [4.69, 9.17) is 11.6 Å². The molecular formula is C19H18ClF3N4O3. The third-order valence-corrected chi connectivity index (χ3v) is 4.93. The van der Waals surface area contributed by atoms with E-state index in [-0.39, 0.29) is 12.2 Å². The van der Waals surface area contributed by atoms with Gasteiger partial charge in [-0.25, -0.2) is 0 Å². The van der Waals surface area contributed by atoms with Crippen LogP contribution in [0, 0.1) is 6.92 Å². The van der Waals surface area contributed by atoms with Crippen molar-refractivity contribution in [3.63, 3.8) is 0 Å². The number of halogens is 4. The Labute approximate surface area is 175 Å². The topological polar surface area (TPSA) is 76.5 Å². The number of anilines is 1. The van der Waals surface area contributed by atoms with Crippen LogP contribution in [0.3, 0.4) is 0 Å². The third-order valence-electron chi connectivity index (χ3n) is 4.48. The monoisotopic (exact) mass is 442 g/mol. The van der Waals surface area contributed by atoms with E-state index in [1.54, 1.807) is 14.0 Å². The molecule has 1 atom stereocenters. The summed E-state index contributed by atoms with van der Waals surface area (Å²) < 4.78 is 42.6. The molecule has 1 N–H and O–H groups in total. The molecule has 2 amide bonds. The molecule has 0 aliphatic carbocycles. The van der Waals surface area contributed by atoms with Crippen LogP contribution >= 0.6 is 11.6 Å². The zero-order valence-corrected chi connectivity index (χ0v) is 16.8. The number of aryl methyl sites for hydroxylation is 2. The predicted octanol–water partition coefficient (Wildman–Crippen LogP) is 3.22. The first-order valence-corrected chi connectivity index (χ1v) is 9.28. The average Bonchev–Trinajstić information content (AvgIpc) is 3.12. The van der Waals surface area contributed by atoms with Gasteiger partial charge in [-0.05, 0) is 31.6 Å². The zero-order chi connectivity index (χ0) is 22.1. The van der Waals surface area contributed by atoms with Crippen LogP contribution in [0.5, 0.6) is 5.75 Å². The maximum Gasteiger partial charge on any atom is 0.573 e. The maximum absolute atomic E-state index is 12.6. The summed E-state index contributed by atoms with van der Waals surface area (Å²) in [6.07, 6.45) is -1.75. The van der Waals surface area contributed by atoms with Gasteiger partial charge < -0.3 is 15.0 Å². The number of carbonyl (C=O) groups excluding carboxylic acids is 2. The highest BCUT2D eigenvalue weighted by Gasteiger charge is 2.34. The lowest BCUT2D eigenvalue weighted by atomic mass is 10.2. The SMILES string of the molecule is Cc1nn(C)c(Cl)c1C=CC(=O)NC1CCN(c2cccc(OC(F)(F)F)c2)C1=O. The van der Waals surface area contributed by atoms with E-state index in [9.17, 15) is 22.8 Å². The molecule has 1 aliphatic rings. The molecule has 2 aromatic rings. The summed E-state index contributed by atoms with van der Waals surface area (Å²) in [6.45, 7) is 1.99. The molecule has 1 aromatic heterocycles. The lowest BCUT2D eigenvalue weighted by Crippen LogP contribution is -2.40. The summed E-state index contributed by atoms with van der Waals surface area (Å²) in [6, 6.07) is 4.34. The van der Waals surface area contributed by atoms with Gasteiger partial charge >= 0.3 is 6.36 Å². The van der Waals surface area contributed by atoms with Crippen molar-refractivity contribution in [1.29, 1.82) is 0 Å². The van der Waals surface area contributed by atoms with Gasteiger partial charge in [0, 0.05) is 37.0 Å². The number of amides is 2. The lowest BCUT2D eigenvalue weighted by Gasteiger charge is -2.18. The van der Waals surface area contributed by atoms with Crippen molar-refractivity contribution in [2.45, 2.75) is 25.7 Å². The van der Waals surface area contributed by atoms with Crippen LogP contribution in [-0.4, -0.2) is 40.5 Å². The Morgan fingerprint density at radius 1 is 1.40 bits per heavy atom. The fourth-order valence-corrected chi connectivity index (χ4v) is 3.37. The first-order chi connectivity index (χ1) is 14.0. The van der Waals surface area contributed by atoms with Crippen molar-refractivity contribution in [1.82, 2.24) is 15.1 Å². The predicted molar refractivity (Wildman–Crippen MR) is 104 cm³/mol. The molecule has 1 unspecified atom stereocenters. The van der Waals surface area contributed by atoms with Crippen LogP contribution in [0.2, 0.25) is 5.15 Å². The second kappa shape index (κ2) is 8.39. The number of aromatic nitrogens is 2. The van der Waals surface area contributed by atoms with Crippen LogP contribution in [-0.2, 0) is 16.6 Å². The quantitative estimate of drug-likeness (QED) is 0.721. The Bertz CT molecular complexity index is 1000. The van der Waals surface area contributed by atoms with Gasteiger partial charge in [0.05, 0.1) is 5.69 Å². The van der Waals surface area contributed by atoms with Gasteiger partial charge in [0.1, 0.15) is 16.9 Å². The molecule has 1 fully saturated rings. The number of hydrogen-bond donors (Lipinski definition) is 1. The van der Waals surface area contributed by atoms with Crippen molar-refractivity contribution >= 4 is 35.2 Å². The Kier molecular flexibility index (Phi) is 6.06. The van der Waals surface area contributed by atoms with Gasteiger partial charge in [0.2, 0.25) is 11.8 Å². The van der Waals surface area contributed by atoms with E-state index in [1.807, 2.05) is 0 Å². The Morgan fingerprint density at radius 3 is 2.77 bits per heavy atom. The highest BCUT2D eigenvalue weighted by Crippen LogP contribution is 2.29. The van der Waals surface area contributed by atoms with Crippen molar-refractivity contribution < 1.29 is 27.5 Å². The van der Waals surface area contributed by atoms with E-state index in [2.05, 4.69) is 15.2 Å². The number of nitrogens with zero attached hydrogens (tertiary/aromatic N) is 3. The summed E-state index contributed by atoms with van der Waals surface area (Å²) in [5, 5.41) is 7.11. The molecule has 30 heavy (non-hydrogen) atoms. The molecule has 1 saturated heterocycles. The molecule has 0 saturated carbocycles. The van der Waals surface area contributed by atoms with Crippen molar-refractivity contribution in [2.75, 3.05) is 11.4 Å². The second-order valence-corrected chi connectivity index (χ2v) is 6.99. The van der Waals surface area contributed by atoms with Gasteiger partial charge in [0.25, 0.3) is 0 Å². The molecule has 1 aliphatic heterocycles. The Hall–Kier alpha value is -3.01. The van der Waals surface area contributed by atoms with E-state index in [0.29, 0.717) is 22.8 Å². The Balaban J connectivity index is 1.65. The standard InChI is InChI=1S/C19H18ClF3N4O3/c1-11-14(17(20)26(2)25-11)6-7-16(28)24-15-8-9-27(18(15)29)12-4-3-5-13(10-12)30-19(21,22)23/h3-7,10,15H,8-9H2,1-2H3,(H,24,28). The minimum atomic E-state index is -4.83. The first-order valence-electron chi connectivity index (χ1n) is 8.90. The number of alkyl halides is 3. The van der Waals surface area contributed by atoms with Crippen LogP contribution < -0.4 is 15.0 Å². The summed E-state index contributed by atoms with van der Waals surface area (Å²) in [4.78, 5) is 26.1. The van der Waals surface area contributed by atoms with Gasteiger partial charge in [-0.3, -0.25) is 14.3 Å². The van der Waals surface area contributed by atoms with E-state index < -0.39 is 30.0 Å². The van der Waals surface area contributed by atoms with Gasteiger partial charge in [0.15, 0.2) is 0 Å². The maximum atomic E-state index is 12.6. The van der Waals surface area contributed by atoms with Crippen LogP contribution in [0.4, 0.5) is 18.9 Å². The molecule has 1 aromatic carbocycles. The fraction of sp³-hybridized carbons (Fsp3) is 0.316. The summed E-state index contributed by atoms with van der Waals surface area (Å²) >= 11 is 6.11. The minimum absolute atomic E-state index is 0.247. The van der Waals surface area contributed by atoms with Gasteiger partial charge in [-0.1, -0.05) is 17.7 Å². The molecule has 0 bridgehead atoms. The fourth-order valence-electron chi connectivity index (χ4n) is 3.13. The van der Waals surface area contributed by atoms with Gasteiger partial charge in [-0.2, -0.15) is 5.10 Å². The van der Waals surface area contributed by atoms with Crippen LogP contribution in [0.25, 0.3) is 6.08 Å². The summed E-state index contributed by atoms with van der Waals surface area (Å²) in [7, 11) is 1.67. The normalized spacial score (nSPS) is 17.1. The zero-order valence-electron chi connectivity index (χ0n) is 16.0. The second-order valence-electron chi connectivity index (χ2n) is 6.63. The summed E-state index contributed by atoms with van der Waals surface area (Å²) in [5.41, 5.74) is 1.50. The minimum Gasteiger partial charge on any atom is -0.406 e. The number of carbonyl (C=O) groups is 2. The van der Waals surface area contributed by atoms with Crippen LogP contribution in [0.1, 0.15) is 17.7 Å². The van der Waals surface area contributed by atoms with E-state index in [0.717, 1.165) is 12.1 Å². The largest absolute Gasteiger partial charge is 0.573 e. The highest BCUT2D eigenvalue weighted by atomic mass is 35.5.